The average molecular weight is 399 g/mol. The Morgan fingerprint density at radius 1 is 1.27 bits per heavy atom. The first-order valence-electron chi connectivity index (χ1n) is 9.83. The maximum Gasteiger partial charge on any atom is 0.260 e. The number of aryl methyl sites for hydroxylation is 1. The summed E-state index contributed by atoms with van der Waals surface area (Å²) in [6, 6.07) is 11.3. The highest BCUT2D eigenvalue weighted by molar-refractivity contribution is 6.10. The first kappa shape index (κ1) is 18.2. The zero-order valence-corrected chi connectivity index (χ0v) is 16.5. The molecule has 8 heteroatoms. The highest BCUT2D eigenvalue weighted by atomic mass is 16.2. The quantitative estimate of drug-likeness (QED) is 0.508. The van der Waals surface area contributed by atoms with Crippen molar-refractivity contribution >= 4 is 23.9 Å². The lowest BCUT2D eigenvalue weighted by molar-refractivity contribution is 0.0996. The Balaban J connectivity index is 1.43. The summed E-state index contributed by atoms with van der Waals surface area (Å²) >= 11 is 0. The third kappa shape index (κ3) is 3.06. The molecule has 150 valence electrons. The van der Waals surface area contributed by atoms with E-state index in [1.807, 2.05) is 36.0 Å². The summed E-state index contributed by atoms with van der Waals surface area (Å²) < 4.78 is 1.89. The van der Waals surface area contributed by atoms with Crippen LogP contribution in [0.1, 0.15) is 34.5 Å². The molecule has 1 amide bonds. The van der Waals surface area contributed by atoms with Crippen LogP contribution in [0.3, 0.4) is 0 Å². The van der Waals surface area contributed by atoms with Crippen molar-refractivity contribution in [3.63, 3.8) is 0 Å². The van der Waals surface area contributed by atoms with Crippen LogP contribution in [-0.4, -0.2) is 43.6 Å². The number of hydrogen-bond donors (Lipinski definition) is 2. The van der Waals surface area contributed by atoms with Crippen LogP contribution in [0.15, 0.2) is 48.9 Å². The fourth-order valence-electron chi connectivity index (χ4n) is 3.77. The summed E-state index contributed by atoms with van der Waals surface area (Å²) in [5.41, 5.74) is 3.89. The van der Waals surface area contributed by atoms with E-state index in [4.69, 9.17) is 10.8 Å². The summed E-state index contributed by atoms with van der Waals surface area (Å²) in [4.78, 5) is 25.2. The molecule has 0 atom stereocenters. The third-order valence-corrected chi connectivity index (χ3v) is 5.50. The van der Waals surface area contributed by atoms with Crippen LogP contribution >= 0.6 is 0 Å². The van der Waals surface area contributed by atoms with Gasteiger partial charge in [-0.2, -0.15) is 0 Å². The molecule has 1 aliphatic carbocycles. The normalized spacial score (nSPS) is 15.2. The van der Waals surface area contributed by atoms with Gasteiger partial charge in [0.2, 0.25) is 0 Å². The van der Waals surface area contributed by atoms with Gasteiger partial charge in [0, 0.05) is 30.4 Å². The number of pyridine rings is 1. The van der Waals surface area contributed by atoms with Crippen molar-refractivity contribution in [3.05, 3.63) is 65.7 Å². The molecule has 1 fully saturated rings. The fraction of sp³-hybridized carbons (Fsp3) is 0.227. The van der Waals surface area contributed by atoms with Crippen LogP contribution in [0, 0.1) is 10.8 Å². The largest absolute Gasteiger partial charge is 0.340 e. The molecule has 1 aromatic carbocycles. The van der Waals surface area contributed by atoms with Gasteiger partial charge in [0.25, 0.3) is 5.91 Å². The summed E-state index contributed by atoms with van der Waals surface area (Å²) in [5.74, 6) is 0.606. The van der Waals surface area contributed by atoms with Gasteiger partial charge >= 0.3 is 0 Å². The molecule has 1 aliphatic heterocycles. The fourth-order valence-corrected chi connectivity index (χ4v) is 3.77. The number of anilines is 1. The molecule has 3 heterocycles. The van der Waals surface area contributed by atoms with Crippen LogP contribution in [0.25, 0.3) is 11.3 Å². The zero-order chi connectivity index (χ0) is 20.8. The second-order valence-electron chi connectivity index (χ2n) is 7.68. The molecular weight excluding hydrogens is 378 g/mol. The minimum absolute atomic E-state index is 0.0974. The Hall–Kier alpha value is -3.81. The molecule has 2 aliphatic rings. The van der Waals surface area contributed by atoms with Crippen LogP contribution in [0.5, 0.6) is 0 Å². The Morgan fingerprint density at radius 2 is 2.10 bits per heavy atom. The molecule has 5 rings (SSSR count). The van der Waals surface area contributed by atoms with E-state index in [1.54, 1.807) is 34.3 Å². The molecule has 30 heavy (non-hydrogen) atoms. The van der Waals surface area contributed by atoms with E-state index in [0.29, 0.717) is 23.6 Å². The number of amidine groups is 1. The van der Waals surface area contributed by atoms with E-state index in [0.717, 1.165) is 29.7 Å². The molecule has 0 bridgehead atoms. The van der Waals surface area contributed by atoms with Crippen molar-refractivity contribution in [3.8, 4) is 11.3 Å². The summed E-state index contributed by atoms with van der Waals surface area (Å²) in [7, 11) is 1.92. The monoisotopic (exact) mass is 399 g/mol. The van der Waals surface area contributed by atoms with Crippen molar-refractivity contribution in [1.29, 1.82) is 10.8 Å². The van der Waals surface area contributed by atoms with Crippen molar-refractivity contribution in [1.82, 2.24) is 19.4 Å². The van der Waals surface area contributed by atoms with E-state index in [9.17, 15) is 4.79 Å². The molecule has 0 spiro atoms. The first-order valence-corrected chi connectivity index (χ1v) is 9.83. The maximum atomic E-state index is 13.0. The van der Waals surface area contributed by atoms with Crippen LogP contribution < -0.4 is 4.90 Å². The molecule has 1 saturated carbocycles. The number of benzene rings is 1. The number of imidazole rings is 1. The molecule has 2 N–H and O–H groups in total. The number of rotatable bonds is 5. The molecular formula is C22H21N7O. The standard InChI is InChI=1S/C22H21N7O/c1-27-11-19(25-13-27)14-5-8-17-15(9-14)10-28(22(17)30)20-4-2-3-18(26-20)21(24)29(12-23)16-6-7-16/h2-5,8-9,11-13,16,23-24H,6-7,10H2,1H3. The number of amides is 1. The average Bonchev–Trinajstić information content (AvgIpc) is 3.41. The van der Waals surface area contributed by atoms with Gasteiger partial charge in [-0.05, 0) is 42.7 Å². The first-order chi connectivity index (χ1) is 14.5. The van der Waals surface area contributed by atoms with Gasteiger partial charge in [-0.25, -0.2) is 9.97 Å². The summed E-state index contributed by atoms with van der Waals surface area (Å²) in [5, 5.41) is 16.0. The predicted octanol–water partition coefficient (Wildman–Crippen LogP) is 3.04. The number of carbonyl (C=O) groups is 1. The lowest BCUT2D eigenvalue weighted by Gasteiger charge is -2.20. The van der Waals surface area contributed by atoms with Crippen molar-refractivity contribution in [2.75, 3.05) is 4.90 Å². The van der Waals surface area contributed by atoms with Crippen molar-refractivity contribution in [2.45, 2.75) is 25.4 Å². The second kappa shape index (κ2) is 6.91. The van der Waals surface area contributed by atoms with Gasteiger partial charge in [0.05, 0.1) is 24.9 Å². The van der Waals surface area contributed by atoms with Crippen LogP contribution in [-0.2, 0) is 13.6 Å². The second-order valence-corrected chi connectivity index (χ2v) is 7.68. The van der Waals surface area contributed by atoms with Crippen LogP contribution in [0.2, 0.25) is 0 Å². The van der Waals surface area contributed by atoms with E-state index >= 15 is 0 Å². The van der Waals surface area contributed by atoms with E-state index in [-0.39, 0.29) is 17.8 Å². The van der Waals surface area contributed by atoms with E-state index in [2.05, 4.69) is 9.97 Å². The SMILES string of the molecule is Cn1cnc(-c2ccc3c(c2)CN(c2cccc(C(=N)N(C=N)C4CC4)n2)C3=O)c1. The molecule has 2 aromatic heterocycles. The van der Waals surface area contributed by atoms with Gasteiger partial charge in [0.1, 0.15) is 11.5 Å². The molecule has 3 aromatic rings. The minimum atomic E-state index is -0.0974. The third-order valence-electron chi connectivity index (χ3n) is 5.50. The summed E-state index contributed by atoms with van der Waals surface area (Å²) in [6.45, 7) is 0.426. The van der Waals surface area contributed by atoms with Crippen LogP contribution in [0.4, 0.5) is 5.82 Å². The molecule has 0 saturated heterocycles. The lowest BCUT2D eigenvalue weighted by atomic mass is 10.0. The topological polar surface area (TPSA) is 102 Å². The smallest absolute Gasteiger partial charge is 0.260 e. The number of nitrogens with zero attached hydrogens (tertiary/aromatic N) is 5. The Labute approximate surface area is 173 Å². The van der Waals surface area contributed by atoms with Gasteiger partial charge in [-0.1, -0.05) is 12.1 Å². The number of carbonyl (C=O) groups excluding carboxylic acids is 1. The van der Waals surface area contributed by atoms with Crippen molar-refractivity contribution < 1.29 is 4.79 Å². The van der Waals surface area contributed by atoms with Gasteiger partial charge in [-0.15, -0.1) is 0 Å². The molecule has 0 radical (unpaired) electrons. The number of nitrogens with one attached hydrogen (secondary N) is 2. The molecule has 8 nitrogen and oxygen atoms in total. The number of fused-ring (bicyclic) bond motifs is 1. The van der Waals surface area contributed by atoms with E-state index in [1.165, 1.54) is 6.34 Å². The van der Waals surface area contributed by atoms with Crippen molar-refractivity contribution in [2.24, 2.45) is 7.05 Å². The Kier molecular flexibility index (Phi) is 4.20. The van der Waals surface area contributed by atoms with E-state index < -0.39 is 0 Å². The highest BCUT2D eigenvalue weighted by Crippen LogP contribution is 2.31. The van der Waals surface area contributed by atoms with Gasteiger partial charge in [-0.3, -0.25) is 20.5 Å². The minimum Gasteiger partial charge on any atom is -0.340 e. The van der Waals surface area contributed by atoms with Gasteiger partial charge < -0.3 is 9.47 Å². The lowest BCUT2D eigenvalue weighted by Crippen LogP contribution is -2.32. The summed E-state index contributed by atoms with van der Waals surface area (Å²) in [6.07, 6.45) is 6.85. The number of hydrogen-bond acceptors (Lipinski definition) is 5. The Bertz CT molecular complexity index is 1180. The maximum absolute atomic E-state index is 13.0. The van der Waals surface area contributed by atoms with Gasteiger partial charge in [0.15, 0.2) is 5.84 Å². The molecule has 0 unspecified atom stereocenters. The predicted molar refractivity (Wildman–Crippen MR) is 114 cm³/mol. The number of aromatic nitrogens is 3. The Morgan fingerprint density at radius 3 is 2.80 bits per heavy atom. The zero-order valence-electron chi connectivity index (χ0n) is 16.5. The highest BCUT2D eigenvalue weighted by Gasteiger charge is 2.32.